The minimum atomic E-state index is 0. The maximum absolute atomic E-state index is 0. The maximum Gasteiger partial charge on any atom is 4.00 e. The van der Waals surface area contributed by atoms with E-state index in [1.807, 2.05) is 0 Å². The molecule has 0 saturated carbocycles. The second kappa shape index (κ2) is 240. The summed E-state index contributed by atoms with van der Waals surface area (Å²) >= 11 is 0. The van der Waals surface area contributed by atoms with E-state index in [-0.39, 0.29) is 81.7 Å². The van der Waals surface area contributed by atoms with Crippen LogP contribution in [0.5, 0.6) is 0 Å². The van der Waals surface area contributed by atoms with E-state index in [4.69, 9.17) is 0 Å². The molecule has 0 aromatic carbocycles. The Morgan fingerprint density at radius 1 is 0.375 bits per heavy atom. The molecule has 0 unspecified atom stereocenters. The smallest absolute Gasteiger partial charge is 1.00 e. The van der Waals surface area contributed by atoms with Crippen LogP contribution in [-0.2, 0) is 0 Å². The first-order valence-corrected chi connectivity index (χ1v) is 0. The number of rotatable bonds is 0. The Labute approximate surface area is 81.2 Å². The van der Waals surface area contributed by atoms with Crippen molar-refractivity contribution >= 4 is 23.9 Å². The molecule has 0 aromatic rings. The van der Waals surface area contributed by atoms with E-state index in [2.05, 4.69) is 0 Å². The molecular weight excluding hydrogens is 256 g/mol. The molecule has 8 heavy (non-hydrogen) atoms. The molecule has 0 N–H and O–H groups in total. The van der Waals surface area contributed by atoms with Crippen molar-refractivity contribution in [3.8, 4) is 0 Å². The van der Waals surface area contributed by atoms with Gasteiger partial charge in [-0.25, -0.2) is 0 Å². The molecule has 0 radical (unpaired) electrons. The molecule has 0 rings (SSSR count). The largest absolute Gasteiger partial charge is 4.00 e. The van der Waals surface area contributed by atoms with E-state index < -0.39 is 0 Å². The normalized spacial score (nSPS) is 0. The number of halogens is 6. The quantitative estimate of drug-likeness (QED) is 0.298. The Bertz CT molecular complexity index is 8.49. The summed E-state index contributed by atoms with van der Waals surface area (Å²) in [4.78, 5) is 0. The van der Waals surface area contributed by atoms with Gasteiger partial charge in [-0.3, -0.25) is 0 Å². The van der Waals surface area contributed by atoms with Gasteiger partial charge in [0.1, 0.15) is 0 Å². The Kier molecular flexibility index (Phi) is 10400. The van der Waals surface area contributed by atoms with Crippen molar-refractivity contribution in [1.82, 2.24) is 0 Å². The van der Waals surface area contributed by atoms with Crippen LogP contribution in [0.25, 0.3) is 0 Å². The van der Waals surface area contributed by atoms with Crippen LogP contribution in [-0.4, -0.2) is 23.9 Å². The van der Waals surface area contributed by atoms with Crippen LogP contribution in [0, 0.1) is 0 Å². The van der Waals surface area contributed by atoms with E-state index in [1.54, 1.807) is 0 Å². The third kappa shape index (κ3) is 158. The van der Waals surface area contributed by atoms with Gasteiger partial charge in [-0.2, -0.15) is 0 Å². The molecule has 0 bridgehead atoms. The van der Waals surface area contributed by atoms with Crippen molar-refractivity contribution < 1.29 is 57.8 Å². The summed E-state index contributed by atoms with van der Waals surface area (Å²) < 4.78 is 0. The van der Waals surface area contributed by atoms with Crippen molar-refractivity contribution in [3.63, 3.8) is 0 Å². The Balaban J connectivity index is 0. The molecule has 0 saturated heterocycles. The van der Waals surface area contributed by atoms with Crippen molar-refractivity contribution in [2.75, 3.05) is 0 Å². The van der Waals surface area contributed by atoms with Crippen LogP contribution < -0.4 is 57.8 Å². The summed E-state index contributed by atoms with van der Waals surface area (Å²) in [6.45, 7) is 0. The topological polar surface area (TPSA) is 0 Å². The summed E-state index contributed by atoms with van der Waals surface area (Å²) in [5.41, 5.74) is 0. The van der Waals surface area contributed by atoms with E-state index in [1.165, 1.54) is 0 Å². The predicted molar refractivity (Wildman–Crippen MR) is 5.75 cm³/mol. The van der Waals surface area contributed by atoms with Crippen LogP contribution >= 0.6 is 0 Å². The molecule has 0 fully saturated rings. The Morgan fingerprint density at radius 2 is 0.375 bits per heavy atom. The van der Waals surface area contributed by atoms with Gasteiger partial charge in [0.25, 0.3) is 0 Å². The van der Waals surface area contributed by atoms with Gasteiger partial charge in [0.05, 0.1) is 0 Å². The molecule has 0 heterocycles. The van der Waals surface area contributed by atoms with Crippen molar-refractivity contribution in [3.05, 3.63) is 0 Å². The van der Waals surface area contributed by atoms with Crippen molar-refractivity contribution in [2.24, 2.45) is 0 Å². The summed E-state index contributed by atoms with van der Waals surface area (Å²) in [5.74, 6) is 0. The molecule has 0 spiro atoms. The zero-order valence-electron chi connectivity index (χ0n) is 3.77. The summed E-state index contributed by atoms with van der Waals surface area (Å²) in [5, 5.41) is 0. The average molecular weight is 256 g/mol. The minimum Gasteiger partial charge on any atom is -1.00 e. The first-order valence-electron chi connectivity index (χ1n) is 0. The second-order valence-electron chi connectivity index (χ2n) is 0. The van der Waals surface area contributed by atoms with E-state index >= 15 is 0 Å². The molecule has 8 heteroatoms. The molecule has 0 amide bonds. The Morgan fingerprint density at radius 3 is 0.375 bits per heavy atom. The maximum atomic E-state index is 0. The van der Waals surface area contributed by atoms with Crippen LogP contribution in [0.2, 0.25) is 0 Å². The van der Waals surface area contributed by atoms with Gasteiger partial charge in [-0.15, -0.1) is 0 Å². The predicted octanol–water partition coefficient (Wildman–Crippen LogP) is -21.4. The first-order chi connectivity index (χ1) is 0. The molecule has 0 nitrogen and oxygen atoms in total. The van der Waals surface area contributed by atoms with Crippen LogP contribution in [0.4, 0.5) is 0 Å². The fraction of sp³-hybridized carbons (Fsp3) is 0. The van der Waals surface area contributed by atoms with Crippen LogP contribution in [0.3, 0.4) is 0 Å². The molecule has 48 valence electrons. The van der Waals surface area contributed by atoms with E-state index in [0.717, 1.165) is 0 Å². The zero-order chi connectivity index (χ0) is 0. The SMILES string of the molecule is [F-].[F-].[F-].[F-].[F-].[F-].[Na+].[Sn+4]. The molecule has 0 aliphatic heterocycles. The van der Waals surface area contributed by atoms with Gasteiger partial charge in [-0.1, -0.05) is 0 Å². The fourth-order valence-electron chi connectivity index (χ4n) is 0. The molecule has 0 aliphatic carbocycles. The molecule has 0 aromatic heterocycles. The summed E-state index contributed by atoms with van der Waals surface area (Å²) in [7, 11) is 0. The number of hydrogen-bond acceptors (Lipinski definition) is 0. The molecular formula is F6NaSn-. The standard InChI is InChI=1S/6FH.Na.Sn/h6*1H;;/q;;;;;;+1;+4/p-6. The van der Waals surface area contributed by atoms with Gasteiger partial charge in [0.15, 0.2) is 0 Å². The van der Waals surface area contributed by atoms with Gasteiger partial charge in [0.2, 0.25) is 0 Å². The van der Waals surface area contributed by atoms with Crippen molar-refractivity contribution in [2.45, 2.75) is 0 Å². The van der Waals surface area contributed by atoms with E-state index in [9.17, 15) is 0 Å². The zero-order valence-corrected chi connectivity index (χ0v) is 8.62. The van der Waals surface area contributed by atoms with Gasteiger partial charge < -0.3 is 28.2 Å². The average Bonchev–Trinajstić information content (AvgIpc) is 0. The molecule has 0 atom stereocenters. The van der Waals surface area contributed by atoms with Crippen LogP contribution in [0.15, 0.2) is 0 Å². The van der Waals surface area contributed by atoms with Gasteiger partial charge in [-0.05, 0) is 0 Å². The van der Waals surface area contributed by atoms with Crippen LogP contribution in [0.1, 0.15) is 0 Å². The van der Waals surface area contributed by atoms with Gasteiger partial charge in [0, 0.05) is 0 Å². The third-order valence-corrected chi connectivity index (χ3v) is 0. The Hall–Kier alpha value is 1.38. The minimum absolute atomic E-state index is 0. The third-order valence-electron chi connectivity index (χ3n) is 0. The number of hydrogen-bond donors (Lipinski definition) is 0. The fourth-order valence-corrected chi connectivity index (χ4v) is 0. The summed E-state index contributed by atoms with van der Waals surface area (Å²) in [6, 6.07) is 0. The monoisotopic (exact) mass is 257 g/mol. The van der Waals surface area contributed by atoms with Gasteiger partial charge >= 0.3 is 53.5 Å². The van der Waals surface area contributed by atoms with Crippen molar-refractivity contribution in [1.29, 1.82) is 0 Å². The second-order valence-corrected chi connectivity index (χ2v) is 0. The summed E-state index contributed by atoms with van der Waals surface area (Å²) in [6.07, 6.45) is 0. The first kappa shape index (κ1) is 346. The molecule has 0 aliphatic rings. The van der Waals surface area contributed by atoms with E-state index in [0.29, 0.717) is 0 Å².